The quantitative estimate of drug-likeness (QED) is 0.622. The monoisotopic (exact) mass is 415 g/mol. The van der Waals surface area contributed by atoms with Crippen molar-refractivity contribution in [3.05, 3.63) is 66.2 Å². The summed E-state index contributed by atoms with van der Waals surface area (Å²) < 4.78 is 39.3. The molecule has 1 atom stereocenters. The fourth-order valence-electron chi connectivity index (χ4n) is 3.44. The van der Waals surface area contributed by atoms with E-state index in [0.717, 1.165) is 22.1 Å². The van der Waals surface area contributed by atoms with Gasteiger partial charge in [0.15, 0.2) is 0 Å². The molecule has 3 aromatic carbocycles. The molecule has 4 rings (SSSR count). The predicted octanol–water partition coefficient (Wildman–Crippen LogP) is 4.29. The van der Waals surface area contributed by atoms with Crippen LogP contribution in [0.2, 0.25) is 0 Å². The zero-order valence-electron chi connectivity index (χ0n) is 15.7. The van der Waals surface area contributed by atoms with Gasteiger partial charge in [0.25, 0.3) is 0 Å². The van der Waals surface area contributed by atoms with Gasteiger partial charge in [-0.15, -0.1) is 11.8 Å². The molecule has 0 N–H and O–H groups in total. The van der Waals surface area contributed by atoms with E-state index in [9.17, 15) is 8.42 Å². The molecule has 7 heteroatoms. The second-order valence-corrected chi connectivity index (χ2v) is 9.53. The molecule has 1 aliphatic rings. The van der Waals surface area contributed by atoms with Gasteiger partial charge in [0.1, 0.15) is 11.5 Å². The van der Waals surface area contributed by atoms with Crippen molar-refractivity contribution in [2.75, 3.05) is 26.5 Å². The highest BCUT2D eigenvalue weighted by Crippen LogP contribution is 2.45. The number of benzene rings is 3. The van der Waals surface area contributed by atoms with Crippen LogP contribution in [0, 0.1) is 0 Å². The molecule has 0 spiro atoms. The van der Waals surface area contributed by atoms with Crippen LogP contribution in [0.15, 0.2) is 65.6 Å². The smallest absolute Gasteiger partial charge is 0.244 e. The van der Waals surface area contributed by atoms with Crippen molar-refractivity contribution in [1.29, 1.82) is 0 Å². The Labute approximate surface area is 169 Å². The molecule has 1 heterocycles. The van der Waals surface area contributed by atoms with Gasteiger partial charge >= 0.3 is 0 Å². The number of hydrogen-bond donors (Lipinski definition) is 0. The fourth-order valence-corrected chi connectivity index (χ4v) is 6.72. The summed E-state index contributed by atoms with van der Waals surface area (Å²) in [5, 5.41) is 1.57. The third kappa shape index (κ3) is 3.34. The Kier molecular flexibility index (Phi) is 5.23. The lowest BCUT2D eigenvalue weighted by molar-refractivity contribution is 0.382. The third-order valence-corrected chi connectivity index (χ3v) is 8.12. The number of sulfonamides is 1. The van der Waals surface area contributed by atoms with Crippen LogP contribution in [0.3, 0.4) is 0 Å². The van der Waals surface area contributed by atoms with Crippen LogP contribution in [-0.2, 0) is 10.0 Å². The molecule has 0 aromatic heterocycles. The van der Waals surface area contributed by atoms with Gasteiger partial charge in [0.05, 0.1) is 24.5 Å². The van der Waals surface area contributed by atoms with Crippen LogP contribution in [0.4, 0.5) is 0 Å². The molecule has 1 saturated heterocycles. The van der Waals surface area contributed by atoms with E-state index in [0.29, 0.717) is 22.9 Å². The molecule has 146 valence electrons. The summed E-state index contributed by atoms with van der Waals surface area (Å²) in [4.78, 5) is 0.306. The standard InChI is InChI=1S/C21H21NO4S2/c1-25-17-8-10-20(26-2)19(14-17)21-22(11-12-27-21)28(23,24)18-9-7-15-5-3-4-6-16(15)13-18/h3-10,13-14,21H,11-12H2,1-2H3. The van der Waals surface area contributed by atoms with Crippen molar-refractivity contribution in [1.82, 2.24) is 4.31 Å². The Morgan fingerprint density at radius 1 is 0.964 bits per heavy atom. The number of nitrogens with zero attached hydrogens (tertiary/aromatic N) is 1. The van der Waals surface area contributed by atoms with Crippen LogP contribution in [0.25, 0.3) is 10.8 Å². The lowest BCUT2D eigenvalue weighted by Gasteiger charge is -2.25. The summed E-state index contributed by atoms with van der Waals surface area (Å²) in [6, 6.07) is 18.5. The summed E-state index contributed by atoms with van der Waals surface area (Å²) in [7, 11) is -0.471. The van der Waals surface area contributed by atoms with Gasteiger partial charge in [-0.1, -0.05) is 30.3 Å². The summed E-state index contributed by atoms with van der Waals surface area (Å²) in [6.45, 7) is 0.449. The maximum atomic E-state index is 13.5. The predicted molar refractivity (Wildman–Crippen MR) is 113 cm³/mol. The van der Waals surface area contributed by atoms with Crippen LogP contribution in [0.1, 0.15) is 10.9 Å². The molecule has 0 aliphatic carbocycles. The highest BCUT2D eigenvalue weighted by atomic mass is 32.2. The minimum atomic E-state index is -3.66. The molecule has 0 amide bonds. The molecule has 28 heavy (non-hydrogen) atoms. The molecule has 0 saturated carbocycles. The minimum absolute atomic E-state index is 0.306. The Balaban J connectivity index is 1.76. The first-order valence-corrected chi connectivity index (χ1v) is 11.4. The van der Waals surface area contributed by atoms with Crippen LogP contribution < -0.4 is 9.47 Å². The Hall–Kier alpha value is -2.22. The molecule has 1 unspecified atom stereocenters. The Morgan fingerprint density at radius 2 is 1.75 bits per heavy atom. The second kappa shape index (κ2) is 7.66. The third-order valence-electron chi connectivity index (χ3n) is 4.88. The topological polar surface area (TPSA) is 55.8 Å². The van der Waals surface area contributed by atoms with Gasteiger partial charge in [0.2, 0.25) is 10.0 Å². The van der Waals surface area contributed by atoms with Gasteiger partial charge in [-0.3, -0.25) is 0 Å². The summed E-state index contributed by atoms with van der Waals surface area (Å²) in [5.74, 6) is 2.04. The van der Waals surface area contributed by atoms with Gasteiger partial charge in [-0.25, -0.2) is 8.42 Å². The summed E-state index contributed by atoms with van der Waals surface area (Å²) in [5.41, 5.74) is 0.800. The number of thioether (sulfide) groups is 1. The minimum Gasteiger partial charge on any atom is -0.497 e. The zero-order valence-corrected chi connectivity index (χ0v) is 17.3. The molecule has 5 nitrogen and oxygen atoms in total. The van der Waals surface area contributed by atoms with Gasteiger partial charge in [-0.05, 0) is 41.1 Å². The fraction of sp³-hybridized carbons (Fsp3) is 0.238. The normalized spacial score (nSPS) is 17.7. The van der Waals surface area contributed by atoms with Crippen LogP contribution in [-0.4, -0.2) is 39.2 Å². The van der Waals surface area contributed by atoms with E-state index < -0.39 is 10.0 Å². The van der Waals surface area contributed by atoms with E-state index in [4.69, 9.17) is 9.47 Å². The van der Waals surface area contributed by atoms with Crippen molar-refractivity contribution in [3.8, 4) is 11.5 Å². The number of rotatable bonds is 5. The average Bonchev–Trinajstić information content (AvgIpc) is 3.23. The van der Waals surface area contributed by atoms with Gasteiger partial charge in [0, 0.05) is 17.9 Å². The van der Waals surface area contributed by atoms with E-state index in [1.165, 1.54) is 0 Å². The molecular formula is C21H21NO4S2. The SMILES string of the molecule is COc1ccc(OC)c(C2SCCN2S(=O)(=O)c2ccc3ccccc3c2)c1. The molecular weight excluding hydrogens is 394 g/mol. The van der Waals surface area contributed by atoms with Crippen molar-refractivity contribution in [2.24, 2.45) is 0 Å². The van der Waals surface area contributed by atoms with Crippen molar-refractivity contribution in [3.63, 3.8) is 0 Å². The molecule has 0 radical (unpaired) electrons. The highest BCUT2D eigenvalue weighted by molar-refractivity contribution is 8.01. The lowest BCUT2D eigenvalue weighted by Crippen LogP contribution is -2.30. The van der Waals surface area contributed by atoms with Crippen molar-refractivity contribution >= 4 is 32.6 Å². The maximum absolute atomic E-state index is 13.5. The largest absolute Gasteiger partial charge is 0.497 e. The summed E-state index contributed by atoms with van der Waals surface area (Å²) >= 11 is 1.59. The van der Waals surface area contributed by atoms with E-state index in [2.05, 4.69) is 0 Å². The Bertz CT molecular complexity index is 1110. The molecule has 0 bridgehead atoms. The number of fused-ring (bicyclic) bond motifs is 1. The zero-order chi connectivity index (χ0) is 19.7. The summed E-state index contributed by atoms with van der Waals surface area (Å²) in [6.07, 6.45) is 0. The van der Waals surface area contributed by atoms with Crippen molar-refractivity contribution < 1.29 is 17.9 Å². The number of ether oxygens (including phenoxy) is 2. The van der Waals surface area contributed by atoms with E-state index in [1.54, 1.807) is 42.4 Å². The number of methoxy groups -OCH3 is 2. The Morgan fingerprint density at radius 3 is 2.50 bits per heavy atom. The number of hydrogen-bond acceptors (Lipinski definition) is 5. The van der Waals surface area contributed by atoms with E-state index in [-0.39, 0.29) is 5.37 Å². The van der Waals surface area contributed by atoms with Gasteiger partial charge in [-0.2, -0.15) is 4.31 Å². The molecule has 1 aliphatic heterocycles. The van der Waals surface area contributed by atoms with Crippen LogP contribution >= 0.6 is 11.8 Å². The van der Waals surface area contributed by atoms with Crippen LogP contribution in [0.5, 0.6) is 11.5 Å². The van der Waals surface area contributed by atoms with Gasteiger partial charge < -0.3 is 9.47 Å². The van der Waals surface area contributed by atoms with E-state index in [1.807, 2.05) is 48.5 Å². The highest BCUT2D eigenvalue weighted by Gasteiger charge is 2.38. The first kappa shape index (κ1) is 19.1. The maximum Gasteiger partial charge on any atom is 0.244 e. The van der Waals surface area contributed by atoms with Crippen molar-refractivity contribution in [2.45, 2.75) is 10.3 Å². The average molecular weight is 416 g/mol. The molecule has 1 fully saturated rings. The van der Waals surface area contributed by atoms with E-state index >= 15 is 0 Å². The lowest BCUT2D eigenvalue weighted by atomic mass is 10.1. The second-order valence-electron chi connectivity index (χ2n) is 6.46. The first-order valence-electron chi connectivity index (χ1n) is 8.89. The molecule has 3 aromatic rings. The first-order chi connectivity index (χ1) is 13.5.